The van der Waals surface area contributed by atoms with Crippen LogP contribution in [0.1, 0.15) is 23.9 Å². The first-order valence-electron chi connectivity index (χ1n) is 5.57. The highest BCUT2D eigenvalue weighted by molar-refractivity contribution is 7.16. The Balaban J connectivity index is 2.18. The molecule has 0 N–H and O–H groups in total. The molecule has 86 valence electrons. The van der Waals surface area contributed by atoms with E-state index in [-0.39, 0.29) is 0 Å². The van der Waals surface area contributed by atoms with E-state index >= 15 is 0 Å². The van der Waals surface area contributed by atoms with Crippen LogP contribution in [-0.4, -0.2) is 31.3 Å². The standard InChI is InChI=1S/C11H15N3OS/c1-2-3-9-10(8-12)16-11(13-9)14-4-6-15-7-5-14/h2-7H2,1H3. The Labute approximate surface area is 99.5 Å². The lowest BCUT2D eigenvalue weighted by atomic mass is 10.2. The van der Waals surface area contributed by atoms with Crippen molar-refractivity contribution in [2.45, 2.75) is 19.8 Å². The molecular formula is C11H15N3OS. The molecule has 0 saturated carbocycles. The number of aryl methyl sites for hydroxylation is 1. The quantitative estimate of drug-likeness (QED) is 0.804. The molecule has 4 nitrogen and oxygen atoms in total. The first-order valence-corrected chi connectivity index (χ1v) is 6.39. The van der Waals surface area contributed by atoms with Crippen LogP contribution in [0.25, 0.3) is 0 Å². The molecule has 0 aliphatic carbocycles. The minimum atomic E-state index is 0.755. The summed E-state index contributed by atoms with van der Waals surface area (Å²) in [6.45, 7) is 5.37. The lowest BCUT2D eigenvalue weighted by Gasteiger charge is -2.25. The topological polar surface area (TPSA) is 49.2 Å². The van der Waals surface area contributed by atoms with Crippen LogP contribution in [0.5, 0.6) is 0 Å². The van der Waals surface area contributed by atoms with Gasteiger partial charge in [0.05, 0.1) is 18.9 Å². The first kappa shape index (κ1) is 11.4. The van der Waals surface area contributed by atoms with Crippen LogP contribution in [0, 0.1) is 11.3 Å². The van der Waals surface area contributed by atoms with E-state index in [4.69, 9.17) is 10.00 Å². The highest BCUT2D eigenvalue weighted by Gasteiger charge is 2.17. The molecule has 0 spiro atoms. The number of nitriles is 1. The highest BCUT2D eigenvalue weighted by Crippen LogP contribution is 2.27. The molecule has 0 bridgehead atoms. The maximum Gasteiger partial charge on any atom is 0.186 e. The van der Waals surface area contributed by atoms with Crippen molar-refractivity contribution >= 4 is 16.5 Å². The van der Waals surface area contributed by atoms with Gasteiger partial charge in [-0.2, -0.15) is 5.26 Å². The van der Waals surface area contributed by atoms with Gasteiger partial charge < -0.3 is 9.64 Å². The van der Waals surface area contributed by atoms with Crippen molar-refractivity contribution in [2.75, 3.05) is 31.2 Å². The third-order valence-corrected chi connectivity index (χ3v) is 3.62. The van der Waals surface area contributed by atoms with Gasteiger partial charge >= 0.3 is 0 Å². The van der Waals surface area contributed by atoms with Crippen molar-refractivity contribution in [3.05, 3.63) is 10.6 Å². The van der Waals surface area contributed by atoms with Gasteiger partial charge in [0, 0.05) is 13.1 Å². The van der Waals surface area contributed by atoms with Gasteiger partial charge in [0.25, 0.3) is 0 Å². The average molecular weight is 237 g/mol. The number of anilines is 1. The second kappa shape index (κ2) is 5.28. The maximum absolute atomic E-state index is 9.03. The van der Waals surface area contributed by atoms with Gasteiger partial charge in [0.15, 0.2) is 5.13 Å². The Morgan fingerprint density at radius 3 is 2.88 bits per heavy atom. The fraction of sp³-hybridized carbons (Fsp3) is 0.636. The van der Waals surface area contributed by atoms with E-state index in [1.54, 1.807) is 0 Å². The minimum Gasteiger partial charge on any atom is -0.378 e. The van der Waals surface area contributed by atoms with E-state index in [1.807, 2.05) is 0 Å². The number of rotatable bonds is 3. The predicted octanol–water partition coefficient (Wildman–Crippen LogP) is 1.80. The summed E-state index contributed by atoms with van der Waals surface area (Å²) in [5.74, 6) is 0. The molecule has 1 aliphatic heterocycles. The maximum atomic E-state index is 9.03. The van der Waals surface area contributed by atoms with Gasteiger partial charge in [-0.15, -0.1) is 0 Å². The van der Waals surface area contributed by atoms with Gasteiger partial charge in [0.2, 0.25) is 0 Å². The van der Waals surface area contributed by atoms with Crippen LogP contribution in [0.15, 0.2) is 0 Å². The van der Waals surface area contributed by atoms with Gasteiger partial charge in [-0.1, -0.05) is 24.7 Å². The number of nitrogens with zero attached hydrogens (tertiary/aromatic N) is 3. The summed E-state index contributed by atoms with van der Waals surface area (Å²) >= 11 is 1.50. The van der Waals surface area contributed by atoms with Crippen LogP contribution in [-0.2, 0) is 11.2 Å². The second-order valence-electron chi connectivity index (χ2n) is 3.73. The zero-order chi connectivity index (χ0) is 11.4. The number of hydrogen-bond acceptors (Lipinski definition) is 5. The molecule has 1 aromatic heterocycles. The number of ether oxygens (including phenoxy) is 1. The highest BCUT2D eigenvalue weighted by atomic mass is 32.1. The molecular weight excluding hydrogens is 222 g/mol. The molecule has 0 radical (unpaired) electrons. The van der Waals surface area contributed by atoms with Crippen molar-refractivity contribution in [2.24, 2.45) is 0 Å². The molecule has 2 rings (SSSR count). The average Bonchev–Trinajstić information content (AvgIpc) is 2.74. The molecule has 0 aromatic carbocycles. The molecule has 1 aliphatic rings. The van der Waals surface area contributed by atoms with Crippen molar-refractivity contribution in [3.63, 3.8) is 0 Å². The molecule has 1 aromatic rings. The summed E-state index contributed by atoms with van der Waals surface area (Å²) in [5, 5.41) is 10.0. The number of hydrogen-bond donors (Lipinski definition) is 0. The fourth-order valence-electron chi connectivity index (χ4n) is 1.72. The molecule has 0 atom stereocenters. The van der Waals surface area contributed by atoms with Gasteiger partial charge in [-0.05, 0) is 6.42 Å². The first-order chi connectivity index (χ1) is 7.85. The fourth-order valence-corrected chi connectivity index (χ4v) is 2.68. The van der Waals surface area contributed by atoms with E-state index in [0.29, 0.717) is 0 Å². The zero-order valence-corrected chi connectivity index (χ0v) is 10.2. The normalized spacial score (nSPS) is 16.1. The summed E-state index contributed by atoms with van der Waals surface area (Å²) in [7, 11) is 0. The molecule has 0 amide bonds. The monoisotopic (exact) mass is 237 g/mol. The van der Waals surface area contributed by atoms with Crippen LogP contribution in [0.3, 0.4) is 0 Å². The Morgan fingerprint density at radius 2 is 2.25 bits per heavy atom. The number of morpholine rings is 1. The van der Waals surface area contributed by atoms with E-state index < -0.39 is 0 Å². The Bertz CT molecular complexity index is 390. The van der Waals surface area contributed by atoms with E-state index in [1.165, 1.54) is 11.3 Å². The van der Waals surface area contributed by atoms with E-state index in [0.717, 1.165) is 54.8 Å². The molecule has 0 unspecified atom stereocenters. The van der Waals surface area contributed by atoms with Crippen molar-refractivity contribution in [3.8, 4) is 6.07 Å². The zero-order valence-electron chi connectivity index (χ0n) is 9.40. The van der Waals surface area contributed by atoms with Crippen LogP contribution >= 0.6 is 11.3 Å². The van der Waals surface area contributed by atoms with Crippen LogP contribution in [0.2, 0.25) is 0 Å². The summed E-state index contributed by atoms with van der Waals surface area (Å²) in [6.07, 6.45) is 1.92. The largest absolute Gasteiger partial charge is 0.378 e. The smallest absolute Gasteiger partial charge is 0.186 e. The Morgan fingerprint density at radius 1 is 1.50 bits per heavy atom. The van der Waals surface area contributed by atoms with Crippen LogP contribution < -0.4 is 4.90 Å². The Hall–Kier alpha value is -1.12. The minimum absolute atomic E-state index is 0.755. The van der Waals surface area contributed by atoms with Gasteiger partial charge in [0.1, 0.15) is 10.9 Å². The SMILES string of the molecule is CCCc1nc(N2CCOCC2)sc1C#N. The van der Waals surface area contributed by atoms with E-state index in [2.05, 4.69) is 22.9 Å². The molecule has 1 fully saturated rings. The summed E-state index contributed by atoms with van der Waals surface area (Å²) in [6, 6.07) is 2.24. The lowest BCUT2D eigenvalue weighted by molar-refractivity contribution is 0.122. The molecule has 16 heavy (non-hydrogen) atoms. The summed E-state index contributed by atoms with van der Waals surface area (Å²) in [4.78, 5) is 7.53. The lowest BCUT2D eigenvalue weighted by Crippen LogP contribution is -2.36. The summed E-state index contributed by atoms with van der Waals surface area (Å²) in [5.41, 5.74) is 0.955. The second-order valence-corrected chi connectivity index (χ2v) is 4.71. The van der Waals surface area contributed by atoms with Crippen LogP contribution in [0.4, 0.5) is 5.13 Å². The Kier molecular flexibility index (Phi) is 3.75. The van der Waals surface area contributed by atoms with Crippen molar-refractivity contribution < 1.29 is 4.74 Å². The van der Waals surface area contributed by atoms with Gasteiger partial charge in [-0.25, -0.2) is 4.98 Å². The predicted molar refractivity (Wildman–Crippen MR) is 63.9 cm³/mol. The van der Waals surface area contributed by atoms with E-state index in [9.17, 15) is 0 Å². The molecule has 5 heteroatoms. The van der Waals surface area contributed by atoms with Crippen molar-refractivity contribution in [1.29, 1.82) is 5.26 Å². The van der Waals surface area contributed by atoms with Gasteiger partial charge in [-0.3, -0.25) is 0 Å². The summed E-state index contributed by atoms with van der Waals surface area (Å²) < 4.78 is 5.30. The third-order valence-electron chi connectivity index (χ3n) is 2.56. The third kappa shape index (κ3) is 2.34. The molecule has 1 saturated heterocycles. The van der Waals surface area contributed by atoms with Crippen molar-refractivity contribution in [1.82, 2.24) is 4.98 Å². The molecule has 2 heterocycles. The number of aromatic nitrogens is 1. The number of thiazole rings is 1.